The van der Waals surface area contributed by atoms with Crippen LogP contribution >= 0.6 is 35.6 Å². The Balaban J connectivity index is 0.000000184. The Morgan fingerprint density at radius 1 is 1.05 bits per heavy atom. The van der Waals surface area contributed by atoms with E-state index in [0.717, 1.165) is 28.6 Å². The Kier molecular flexibility index (Phi) is 8.21. The Hall–Kier alpha value is -3.72. The Labute approximate surface area is 244 Å². The highest BCUT2D eigenvalue weighted by Crippen LogP contribution is 2.38. The maximum Gasteiger partial charge on any atom is 0.271 e. The van der Waals surface area contributed by atoms with Crippen molar-refractivity contribution in [1.82, 2.24) is 24.1 Å². The topological polar surface area (TPSA) is 110 Å². The van der Waals surface area contributed by atoms with Gasteiger partial charge in [0.2, 0.25) is 0 Å². The Morgan fingerprint density at radius 3 is 2.45 bits per heavy atom. The van der Waals surface area contributed by atoms with Crippen LogP contribution in [-0.4, -0.2) is 38.2 Å². The highest BCUT2D eigenvalue weighted by molar-refractivity contribution is 7.80. The standard InChI is InChI=1S/C18H19N5OS.C10H7ClN2OS/c1-22(2)16-12(8-19)20-9-13-14(16)15-17(25-13)18(24)23(10-21-15)11-6-4-3-5-7-11;11-7-1-3-8(4-2-7)13-6-12-5-9(15)10(13)14/h9-11H,3-7H2,1-2H3;1-6,15H. The average molecular weight is 592 g/mol. The molecule has 0 atom stereocenters. The molecular weight excluding hydrogens is 566 g/mol. The molecule has 40 heavy (non-hydrogen) atoms. The number of thiophene rings is 1. The molecule has 4 aromatic heterocycles. The second-order valence-electron chi connectivity index (χ2n) is 9.66. The molecule has 6 rings (SSSR count). The van der Waals surface area contributed by atoms with Crippen molar-refractivity contribution < 1.29 is 0 Å². The number of nitrogens with zero attached hydrogens (tertiary/aromatic N) is 7. The first-order chi connectivity index (χ1) is 19.3. The third kappa shape index (κ3) is 5.35. The van der Waals surface area contributed by atoms with Crippen molar-refractivity contribution in [2.24, 2.45) is 0 Å². The first-order valence-electron chi connectivity index (χ1n) is 12.7. The predicted octanol–water partition coefficient (Wildman–Crippen LogP) is 5.62. The van der Waals surface area contributed by atoms with Crippen LogP contribution in [0.3, 0.4) is 0 Å². The SMILES string of the molecule is CN(C)c1c(C#N)ncc2sc3c(=O)n(C4CCCCC4)cnc3c12.O=c1c(S)cncn1-c1ccc(Cl)cc1. The van der Waals surface area contributed by atoms with E-state index in [1.165, 1.54) is 47.7 Å². The molecule has 0 unspecified atom stereocenters. The van der Waals surface area contributed by atoms with Gasteiger partial charge in [0.05, 0.1) is 32.8 Å². The summed E-state index contributed by atoms with van der Waals surface area (Å²) in [6.45, 7) is 0. The zero-order valence-corrected chi connectivity index (χ0v) is 24.4. The summed E-state index contributed by atoms with van der Waals surface area (Å²) in [4.78, 5) is 39.7. The maximum absolute atomic E-state index is 13.1. The summed E-state index contributed by atoms with van der Waals surface area (Å²) in [5.74, 6) is 0. The molecule has 0 saturated heterocycles. The van der Waals surface area contributed by atoms with E-state index >= 15 is 0 Å². The fourth-order valence-corrected chi connectivity index (χ4v) is 6.31. The van der Waals surface area contributed by atoms with Crippen molar-refractivity contribution in [3.05, 3.63) is 80.7 Å². The van der Waals surface area contributed by atoms with Crippen LogP contribution in [0.25, 0.3) is 26.0 Å². The summed E-state index contributed by atoms with van der Waals surface area (Å²) in [6, 6.07) is 9.33. The molecule has 5 aromatic rings. The van der Waals surface area contributed by atoms with Gasteiger partial charge in [-0.1, -0.05) is 30.9 Å². The average Bonchev–Trinajstić information content (AvgIpc) is 3.35. The molecule has 4 heterocycles. The zero-order valence-electron chi connectivity index (χ0n) is 21.9. The molecule has 1 fully saturated rings. The van der Waals surface area contributed by atoms with E-state index in [1.807, 2.05) is 23.6 Å². The highest BCUT2D eigenvalue weighted by Gasteiger charge is 2.22. The van der Waals surface area contributed by atoms with E-state index in [1.54, 1.807) is 36.8 Å². The summed E-state index contributed by atoms with van der Waals surface area (Å²) in [6.07, 6.45) is 11.9. The van der Waals surface area contributed by atoms with Gasteiger partial charge in [0, 0.05) is 42.9 Å². The number of aromatic nitrogens is 5. The molecule has 9 nitrogen and oxygen atoms in total. The molecular formula is C28H26ClN7O2S2. The molecule has 1 aliphatic carbocycles. The molecule has 0 spiro atoms. The van der Waals surface area contributed by atoms with Crippen molar-refractivity contribution in [2.45, 2.75) is 43.0 Å². The summed E-state index contributed by atoms with van der Waals surface area (Å²) < 4.78 is 4.77. The van der Waals surface area contributed by atoms with Crippen molar-refractivity contribution in [3.63, 3.8) is 0 Å². The van der Waals surface area contributed by atoms with E-state index in [4.69, 9.17) is 11.6 Å². The van der Waals surface area contributed by atoms with E-state index in [0.29, 0.717) is 31.5 Å². The number of halogens is 1. The number of benzene rings is 1. The third-order valence-corrected chi connectivity index (χ3v) is 8.53. The fourth-order valence-electron chi connectivity index (χ4n) is 4.94. The van der Waals surface area contributed by atoms with Crippen LogP contribution in [0.15, 0.2) is 63.8 Å². The van der Waals surface area contributed by atoms with Crippen molar-refractivity contribution in [2.75, 3.05) is 19.0 Å². The number of fused-ring (bicyclic) bond motifs is 3. The summed E-state index contributed by atoms with van der Waals surface area (Å²) in [5.41, 5.74) is 2.31. The second kappa shape index (κ2) is 11.8. The summed E-state index contributed by atoms with van der Waals surface area (Å²) >= 11 is 11.2. The van der Waals surface area contributed by atoms with Crippen molar-refractivity contribution in [1.29, 1.82) is 5.26 Å². The quantitative estimate of drug-likeness (QED) is 0.271. The largest absolute Gasteiger partial charge is 0.375 e. The molecule has 0 N–H and O–H groups in total. The monoisotopic (exact) mass is 591 g/mol. The maximum atomic E-state index is 13.1. The van der Waals surface area contributed by atoms with Crippen LogP contribution in [0.4, 0.5) is 5.69 Å². The summed E-state index contributed by atoms with van der Waals surface area (Å²) in [7, 11) is 3.76. The van der Waals surface area contributed by atoms with Gasteiger partial charge in [-0.2, -0.15) is 5.26 Å². The van der Waals surface area contributed by atoms with Gasteiger partial charge in [-0.25, -0.2) is 15.0 Å². The minimum absolute atomic E-state index is 0.0290. The molecule has 1 aliphatic rings. The van der Waals surface area contributed by atoms with Gasteiger partial charge in [-0.15, -0.1) is 24.0 Å². The number of thiol groups is 1. The van der Waals surface area contributed by atoms with Gasteiger partial charge in [-0.3, -0.25) is 18.7 Å². The highest BCUT2D eigenvalue weighted by atomic mass is 35.5. The Morgan fingerprint density at radius 2 is 1.77 bits per heavy atom. The second-order valence-corrected chi connectivity index (χ2v) is 11.6. The molecule has 204 valence electrons. The van der Waals surface area contributed by atoms with Crippen LogP contribution in [0.2, 0.25) is 5.02 Å². The number of hydrogen-bond donors (Lipinski definition) is 1. The molecule has 0 amide bonds. The first kappa shape index (κ1) is 27.8. The fraction of sp³-hybridized carbons (Fsp3) is 0.286. The van der Waals surface area contributed by atoms with Gasteiger partial charge in [0.15, 0.2) is 5.69 Å². The van der Waals surface area contributed by atoms with E-state index < -0.39 is 0 Å². The molecule has 1 saturated carbocycles. The van der Waals surface area contributed by atoms with Crippen LogP contribution in [0, 0.1) is 11.3 Å². The van der Waals surface area contributed by atoms with Crippen molar-refractivity contribution >= 4 is 61.6 Å². The molecule has 0 bridgehead atoms. The van der Waals surface area contributed by atoms with E-state index in [-0.39, 0.29) is 17.2 Å². The molecule has 1 aromatic carbocycles. The van der Waals surface area contributed by atoms with Gasteiger partial charge in [-0.05, 0) is 37.1 Å². The molecule has 0 radical (unpaired) electrons. The molecule has 0 aliphatic heterocycles. The lowest BCUT2D eigenvalue weighted by Crippen LogP contribution is -2.26. The van der Waals surface area contributed by atoms with Crippen LogP contribution in [0.1, 0.15) is 43.8 Å². The van der Waals surface area contributed by atoms with Gasteiger partial charge in [0.25, 0.3) is 11.1 Å². The normalized spacial score (nSPS) is 13.6. The lowest BCUT2D eigenvalue weighted by atomic mass is 9.95. The number of anilines is 1. The summed E-state index contributed by atoms with van der Waals surface area (Å²) in [5, 5.41) is 10.9. The number of rotatable bonds is 3. The Bertz CT molecular complexity index is 1850. The van der Waals surface area contributed by atoms with Crippen LogP contribution in [-0.2, 0) is 0 Å². The number of hydrogen-bond acceptors (Lipinski definition) is 9. The van der Waals surface area contributed by atoms with Crippen molar-refractivity contribution in [3.8, 4) is 11.8 Å². The zero-order chi connectivity index (χ0) is 28.4. The first-order valence-corrected chi connectivity index (χ1v) is 14.4. The lowest BCUT2D eigenvalue weighted by Gasteiger charge is -2.23. The third-order valence-electron chi connectivity index (χ3n) is 6.87. The predicted molar refractivity (Wildman–Crippen MR) is 162 cm³/mol. The van der Waals surface area contributed by atoms with Crippen LogP contribution < -0.4 is 16.0 Å². The van der Waals surface area contributed by atoms with Gasteiger partial charge < -0.3 is 4.90 Å². The molecule has 12 heteroatoms. The number of pyridine rings is 1. The lowest BCUT2D eigenvalue weighted by molar-refractivity contribution is 0.345. The minimum Gasteiger partial charge on any atom is -0.375 e. The number of nitriles is 1. The smallest absolute Gasteiger partial charge is 0.271 e. The van der Waals surface area contributed by atoms with Crippen LogP contribution in [0.5, 0.6) is 0 Å². The van der Waals surface area contributed by atoms with E-state index in [9.17, 15) is 14.9 Å². The van der Waals surface area contributed by atoms with Gasteiger partial charge in [0.1, 0.15) is 17.1 Å². The minimum atomic E-state index is -0.198. The van der Waals surface area contributed by atoms with Gasteiger partial charge >= 0.3 is 0 Å². The van der Waals surface area contributed by atoms with E-state index in [2.05, 4.69) is 33.6 Å².